The number of alkyl halides is 1. The van der Waals surface area contributed by atoms with Crippen molar-refractivity contribution in [3.8, 4) is 0 Å². The number of aryl methyl sites for hydroxylation is 1. The molecule has 0 spiro atoms. The van der Waals surface area contributed by atoms with Crippen molar-refractivity contribution in [3.63, 3.8) is 0 Å². The molecule has 1 saturated heterocycles. The smallest absolute Gasteiger partial charge is 0.118 e. The van der Waals surface area contributed by atoms with Crippen molar-refractivity contribution in [1.29, 1.82) is 0 Å². The van der Waals surface area contributed by atoms with Crippen molar-refractivity contribution >= 4 is 10.9 Å². The molecule has 120 valence electrons. The molecule has 1 aliphatic rings. The van der Waals surface area contributed by atoms with E-state index in [0.29, 0.717) is 6.54 Å². The molecule has 1 fully saturated rings. The maximum atomic E-state index is 14.2. The minimum atomic E-state index is -1.18. The second kappa shape index (κ2) is 5.63. The first kappa shape index (κ1) is 15.4. The zero-order valence-corrected chi connectivity index (χ0v) is 13.9. The number of nitrogens with one attached hydrogen (secondary N) is 1. The first-order valence-electron chi connectivity index (χ1n) is 7.88. The van der Waals surface area contributed by atoms with E-state index < -0.39 is 5.67 Å². The highest BCUT2D eigenvalue weighted by Crippen LogP contribution is 2.31. The fourth-order valence-electron chi connectivity index (χ4n) is 3.40. The molecule has 0 unspecified atom stereocenters. The summed E-state index contributed by atoms with van der Waals surface area (Å²) in [6.45, 7) is 8.73. The molecule has 5 heteroatoms. The van der Waals surface area contributed by atoms with Gasteiger partial charge in [0.1, 0.15) is 5.67 Å². The third kappa shape index (κ3) is 3.15. The van der Waals surface area contributed by atoms with Crippen LogP contribution in [0.4, 0.5) is 4.39 Å². The van der Waals surface area contributed by atoms with E-state index in [1.165, 1.54) is 11.1 Å². The maximum absolute atomic E-state index is 14.2. The average molecular weight is 304 g/mol. The number of hydrogen-bond donors (Lipinski definition) is 1. The van der Waals surface area contributed by atoms with Crippen LogP contribution in [0.3, 0.4) is 0 Å². The molecule has 0 saturated carbocycles. The van der Waals surface area contributed by atoms with Gasteiger partial charge in [0.05, 0.1) is 11.7 Å². The monoisotopic (exact) mass is 304 g/mol. The van der Waals surface area contributed by atoms with Crippen molar-refractivity contribution < 1.29 is 4.39 Å². The first-order valence-corrected chi connectivity index (χ1v) is 7.88. The van der Waals surface area contributed by atoms with Crippen molar-refractivity contribution in [1.82, 2.24) is 20.0 Å². The number of aromatic nitrogens is 2. The molecule has 2 heterocycles. The van der Waals surface area contributed by atoms with E-state index in [9.17, 15) is 4.39 Å². The molecular formula is C17H25FN4. The number of likely N-dealkylation sites (N-methyl/N-ethyl adjacent to an activating group) is 1. The minimum absolute atomic E-state index is 0.230. The van der Waals surface area contributed by atoms with Gasteiger partial charge in [0, 0.05) is 37.6 Å². The predicted molar refractivity (Wildman–Crippen MR) is 87.8 cm³/mol. The number of piperazine rings is 1. The second-order valence-corrected chi connectivity index (χ2v) is 7.13. The Morgan fingerprint density at radius 2 is 2.14 bits per heavy atom. The van der Waals surface area contributed by atoms with E-state index in [2.05, 4.69) is 46.1 Å². The van der Waals surface area contributed by atoms with E-state index in [4.69, 9.17) is 0 Å². The van der Waals surface area contributed by atoms with Crippen molar-refractivity contribution in [3.05, 3.63) is 29.5 Å². The maximum Gasteiger partial charge on any atom is 0.118 e. The van der Waals surface area contributed by atoms with Crippen LogP contribution >= 0.6 is 0 Å². The van der Waals surface area contributed by atoms with Crippen LogP contribution in [-0.4, -0.2) is 58.9 Å². The highest BCUT2D eigenvalue weighted by molar-refractivity contribution is 5.79. The van der Waals surface area contributed by atoms with E-state index >= 15 is 0 Å². The Morgan fingerprint density at radius 3 is 2.86 bits per heavy atom. The van der Waals surface area contributed by atoms with Crippen molar-refractivity contribution in [2.45, 2.75) is 32.5 Å². The Balaban J connectivity index is 1.97. The molecule has 1 aromatic carbocycles. The van der Waals surface area contributed by atoms with Gasteiger partial charge in [-0.2, -0.15) is 5.10 Å². The third-order valence-electron chi connectivity index (χ3n) is 4.46. The number of rotatable bonds is 3. The van der Waals surface area contributed by atoms with Crippen molar-refractivity contribution in [2.24, 2.45) is 0 Å². The predicted octanol–water partition coefficient (Wildman–Crippen LogP) is 2.91. The van der Waals surface area contributed by atoms with Gasteiger partial charge < -0.3 is 4.90 Å². The molecular weight excluding hydrogens is 279 g/mol. The summed E-state index contributed by atoms with van der Waals surface area (Å²) in [4.78, 5) is 4.61. The largest absolute Gasteiger partial charge is 0.303 e. The van der Waals surface area contributed by atoms with Gasteiger partial charge in [0.2, 0.25) is 0 Å². The van der Waals surface area contributed by atoms with Gasteiger partial charge in [0.25, 0.3) is 0 Å². The molecule has 2 aromatic rings. The van der Waals surface area contributed by atoms with E-state index in [1.54, 1.807) is 13.8 Å². The summed E-state index contributed by atoms with van der Waals surface area (Å²) in [6, 6.07) is 4.58. The molecule has 3 rings (SSSR count). The van der Waals surface area contributed by atoms with Gasteiger partial charge in [-0.1, -0.05) is 0 Å². The Kier molecular flexibility index (Phi) is 3.95. The Labute approximate surface area is 131 Å². The SMILES string of the molecule is Cc1cc2[nH]ncc2cc1[C@@H]1CN(C)CCN1CC(C)(C)F. The van der Waals surface area contributed by atoms with E-state index in [-0.39, 0.29) is 6.04 Å². The number of aromatic amines is 1. The molecule has 1 aromatic heterocycles. The third-order valence-corrected chi connectivity index (χ3v) is 4.46. The summed E-state index contributed by atoms with van der Waals surface area (Å²) < 4.78 is 14.2. The van der Waals surface area contributed by atoms with Crippen LogP contribution in [-0.2, 0) is 0 Å². The summed E-state index contributed by atoms with van der Waals surface area (Å²) in [5.41, 5.74) is 2.40. The summed E-state index contributed by atoms with van der Waals surface area (Å²) in [5, 5.41) is 8.25. The van der Waals surface area contributed by atoms with Crippen LogP contribution in [0, 0.1) is 6.92 Å². The van der Waals surface area contributed by atoms with Crippen LogP contribution in [0.25, 0.3) is 10.9 Å². The second-order valence-electron chi connectivity index (χ2n) is 7.13. The first-order chi connectivity index (χ1) is 10.3. The topological polar surface area (TPSA) is 35.2 Å². The van der Waals surface area contributed by atoms with Crippen LogP contribution in [0.5, 0.6) is 0 Å². The van der Waals surface area contributed by atoms with Gasteiger partial charge in [-0.3, -0.25) is 10.00 Å². The van der Waals surface area contributed by atoms with Crippen LogP contribution in [0.1, 0.15) is 31.0 Å². The zero-order valence-electron chi connectivity index (χ0n) is 13.9. The molecule has 1 aliphatic heterocycles. The lowest BCUT2D eigenvalue weighted by molar-refractivity contribution is 0.0406. The van der Waals surface area contributed by atoms with E-state index in [1.807, 2.05) is 6.20 Å². The Hall–Kier alpha value is -1.46. The van der Waals surface area contributed by atoms with Gasteiger partial charge in [0.15, 0.2) is 0 Å². The molecule has 0 aliphatic carbocycles. The van der Waals surface area contributed by atoms with Crippen LogP contribution in [0.15, 0.2) is 18.3 Å². The normalized spacial score (nSPS) is 21.6. The quantitative estimate of drug-likeness (QED) is 0.947. The molecule has 1 atom stereocenters. The summed E-state index contributed by atoms with van der Waals surface area (Å²) in [7, 11) is 2.14. The number of fused-ring (bicyclic) bond motifs is 1. The van der Waals surface area contributed by atoms with Gasteiger partial charge in [-0.05, 0) is 51.1 Å². The minimum Gasteiger partial charge on any atom is -0.303 e. The van der Waals surface area contributed by atoms with Crippen molar-refractivity contribution in [2.75, 3.05) is 33.2 Å². The molecule has 0 amide bonds. The van der Waals surface area contributed by atoms with E-state index in [0.717, 1.165) is 30.5 Å². The number of benzene rings is 1. The molecule has 4 nitrogen and oxygen atoms in total. The standard InChI is InChI=1S/C17H25FN4/c1-12-7-15-13(9-19-20-15)8-14(12)16-10-21(4)5-6-22(16)11-17(2,3)18/h7-9,16H,5-6,10-11H2,1-4H3,(H,19,20)/t16-/m0/s1. The molecule has 0 radical (unpaired) electrons. The van der Waals surface area contributed by atoms with Gasteiger partial charge >= 0.3 is 0 Å². The molecule has 1 N–H and O–H groups in total. The van der Waals surface area contributed by atoms with Crippen LogP contribution in [0.2, 0.25) is 0 Å². The summed E-state index contributed by atoms with van der Waals surface area (Å²) in [5.74, 6) is 0. The lowest BCUT2D eigenvalue weighted by Crippen LogP contribution is -2.50. The number of nitrogens with zero attached hydrogens (tertiary/aromatic N) is 3. The van der Waals surface area contributed by atoms with Crippen LogP contribution < -0.4 is 0 Å². The average Bonchev–Trinajstić information content (AvgIpc) is 2.85. The highest BCUT2D eigenvalue weighted by Gasteiger charge is 2.32. The summed E-state index contributed by atoms with van der Waals surface area (Å²) in [6.07, 6.45) is 1.86. The molecule has 0 bridgehead atoms. The number of H-pyrrole nitrogens is 1. The number of hydrogen-bond acceptors (Lipinski definition) is 3. The lowest BCUT2D eigenvalue weighted by atomic mass is 9.95. The lowest BCUT2D eigenvalue weighted by Gasteiger charge is -2.42. The van der Waals surface area contributed by atoms with Gasteiger partial charge in [-0.15, -0.1) is 0 Å². The fourth-order valence-corrected chi connectivity index (χ4v) is 3.40. The summed E-state index contributed by atoms with van der Waals surface area (Å²) >= 11 is 0. The fraction of sp³-hybridized carbons (Fsp3) is 0.588. The van der Waals surface area contributed by atoms with Gasteiger partial charge in [-0.25, -0.2) is 4.39 Å². The Morgan fingerprint density at radius 1 is 1.36 bits per heavy atom. The number of halogens is 1. The Bertz CT molecular complexity index is 658. The zero-order chi connectivity index (χ0) is 15.9. The highest BCUT2D eigenvalue weighted by atomic mass is 19.1. The molecule has 22 heavy (non-hydrogen) atoms.